The molecule has 0 aliphatic carbocycles. The maximum atomic E-state index is 11.8. The molecular weight excluding hydrogens is 260 g/mol. The number of pyridine rings is 1. The summed E-state index contributed by atoms with van der Waals surface area (Å²) in [6.07, 6.45) is 0.828. The lowest BCUT2D eigenvalue weighted by Crippen LogP contribution is -2.29. The average molecular weight is 284 g/mol. The van der Waals surface area contributed by atoms with E-state index < -0.39 is 5.43 Å². The molecule has 0 saturated carbocycles. The first-order valence-corrected chi connectivity index (χ1v) is 6.97. The standard InChI is InChI=1S/C14H24N2O4/c1-3-5-16-11(10-18)8-13(19)14(20)12(16)9-15(4-2)6-7-17/h8,17-18,20H,3-7,9-10H2,1-2H3. The zero-order valence-electron chi connectivity index (χ0n) is 12.2. The van der Waals surface area contributed by atoms with Crippen LogP contribution in [0.25, 0.3) is 0 Å². The van der Waals surface area contributed by atoms with Crippen molar-refractivity contribution in [2.75, 3.05) is 19.7 Å². The number of aliphatic hydroxyl groups is 2. The van der Waals surface area contributed by atoms with Gasteiger partial charge in [-0.3, -0.25) is 9.69 Å². The summed E-state index contributed by atoms with van der Waals surface area (Å²) in [5.74, 6) is -0.271. The van der Waals surface area contributed by atoms with E-state index in [2.05, 4.69) is 0 Å². The molecule has 0 radical (unpaired) electrons. The first-order valence-electron chi connectivity index (χ1n) is 6.97. The number of rotatable bonds is 8. The van der Waals surface area contributed by atoms with Crippen LogP contribution in [0.1, 0.15) is 31.7 Å². The fraction of sp³-hybridized carbons (Fsp3) is 0.643. The van der Waals surface area contributed by atoms with Crippen LogP contribution in [0.4, 0.5) is 0 Å². The Morgan fingerprint density at radius 1 is 1.30 bits per heavy atom. The van der Waals surface area contributed by atoms with Gasteiger partial charge in [-0.1, -0.05) is 13.8 Å². The largest absolute Gasteiger partial charge is 0.503 e. The molecule has 1 aromatic rings. The lowest BCUT2D eigenvalue weighted by atomic mass is 10.2. The normalized spacial score (nSPS) is 11.2. The summed E-state index contributed by atoms with van der Waals surface area (Å²) in [5.41, 5.74) is 0.528. The first-order chi connectivity index (χ1) is 9.58. The second-order valence-corrected chi connectivity index (χ2v) is 4.70. The van der Waals surface area contributed by atoms with Crippen molar-refractivity contribution in [1.82, 2.24) is 9.47 Å². The molecule has 0 spiro atoms. The van der Waals surface area contributed by atoms with Crippen molar-refractivity contribution in [3.63, 3.8) is 0 Å². The van der Waals surface area contributed by atoms with Crippen LogP contribution in [0, 0.1) is 0 Å². The van der Waals surface area contributed by atoms with Gasteiger partial charge in [-0.2, -0.15) is 0 Å². The second-order valence-electron chi connectivity index (χ2n) is 4.70. The number of likely N-dealkylation sites (N-methyl/N-ethyl adjacent to an activating group) is 1. The van der Waals surface area contributed by atoms with E-state index in [1.54, 1.807) is 4.57 Å². The topological polar surface area (TPSA) is 85.9 Å². The van der Waals surface area contributed by atoms with E-state index in [0.717, 1.165) is 6.42 Å². The van der Waals surface area contributed by atoms with Gasteiger partial charge in [-0.25, -0.2) is 0 Å². The van der Waals surface area contributed by atoms with E-state index in [1.165, 1.54) is 6.07 Å². The SMILES string of the molecule is CCCn1c(CO)cc(=O)c(O)c1CN(CC)CCO. The average Bonchev–Trinajstić information content (AvgIpc) is 2.45. The lowest BCUT2D eigenvalue weighted by molar-refractivity contribution is 0.190. The van der Waals surface area contributed by atoms with E-state index in [-0.39, 0.29) is 19.0 Å². The summed E-state index contributed by atoms with van der Waals surface area (Å²) < 4.78 is 1.79. The van der Waals surface area contributed by atoms with E-state index in [1.807, 2.05) is 18.7 Å². The Kier molecular flexibility index (Phi) is 6.70. The Labute approximate surface area is 118 Å². The fourth-order valence-electron chi connectivity index (χ4n) is 2.24. The molecule has 0 unspecified atom stereocenters. The highest BCUT2D eigenvalue weighted by atomic mass is 16.3. The van der Waals surface area contributed by atoms with Crippen molar-refractivity contribution in [3.8, 4) is 5.75 Å². The highest BCUT2D eigenvalue weighted by Gasteiger charge is 2.16. The van der Waals surface area contributed by atoms with Crippen LogP contribution >= 0.6 is 0 Å². The molecule has 0 amide bonds. The minimum Gasteiger partial charge on any atom is -0.503 e. The molecule has 0 bridgehead atoms. The maximum Gasteiger partial charge on any atom is 0.223 e. The van der Waals surface area contributed by atoms with Crippen LogP contribution in [-0.2, 0) is 19.7 Å². The van der Waals surface area contributed by atoms with Gasteiger partial charge in [0, 0.05) is 31.4 Å². The van der Waals surface area contributed by atoms with Gasteiger partial charge < -0.3 is 19.9 Å². The minimum atomic E-state index is -0.476. The Balaban J connectivity index is 3.26. The van der Waals surface area contributed by atoms with Crippen LogP contribution < -0.4 is 5.43 Å². The molecule has 0 aliphatic rings. The molecule has 0 atom stereocenters. The van der Waals surface area contributed by atoms with Gasteiger partial charge in [0.25, 0.3) is 0 Å². The maximum absolute atomic E-state index is 11.8. The van der Waals surface area contributed by atoms with Crippen molar-refractivity contribution < 1.29 is 15.3 Å². The molecule has 0 fully saturated rings. The van der Waals surface area contributed by atoms with Crippen molar-refractivity contribution in [2.24, 2.45) is 0 Å². The molecule has 3 N–H and O–H groups in total. The zero-order valence-corrected chi connectivity index (χ0v) is 12.2. The third-order valence-corrected chi connectivity index (χ3v) is 3.32. The number of hydrogen-bond donors (Lipinski definition) is 3. The summed E-state index contributed by atoms with van der Waals surface area (Å²) in [5, 5.41) is 28.4. The van der Waals surface area contributed by atoms with Crippen LogP contribution in [0.5, 0.6) is 5.75 Å². The van der Waals surface area contributed by atoms with Gasteiger partial charge >= 0.3 is 0 Å². The van der Waals surface area contributed by atoms with E-state index in [4.69, 9.17) is 5.11 Å². The van der Waals surface area contributed by atoms with E-state index in [9.17, 15) is 15.0 Å². The Morgan fingerprint density at radius 3 is 2.50 bits per heavy atom. The Hall–Kier alpha value is -1.37. The summed E-state index contributed by atoms with van der Waals surface area (Å²) in [6.45, 7) is 5.88. The van der Waals surface area contributed by atoms with Crippen molar-refractivity contribution >= 4 is 0 Å². The number of aromatic nitrogens is 1. The minimum absolute atomic E-state index is 0.0201. The van der Waals surface area contributed by atoms with Gasteiger partial charge in [0.2, 0.25) is 5.43 Å². The third-order valence-electron chi connectivity index (χ3n) is 3.32. The number of aliphatic hydroxyl groups excluding tert-OH is 2. The molecule has 0 aromatic carbocycles. The number of nitrogens with zero attached hydrogens (tertiary/aromatic N) is 2. The molecule has 6 nitrogen and oxygen atoms in total. The molecule has 0 aliphatic heterocycles. The summed E-state index contributed by atoms with van der Waals surface area (Å²) in [7, 11) is 0. The summed E-state index contributed by atoms with van der Waals surface area (Å²) in [4.78, 5) is 13.7. The van der Waals surface area contributed by atoms with E-state index >= 15 is 0 Å². The van der Waals surface area contributed by atoms with Gasteiger partial charge in [0.15, 0.2) is 5.75 Å². The predicted octanol–water partition coefficient (Wildman–Crippen LogP) is 0.270. The molecule has 1 aromatic heterocycles. The molecule has 114 valence electrons. The monoisotopic (exact) mass is 284 g/mol. The van der Waals surface area contributed by atoms with Crippen LogP contribution in [-0.4, -0.2) is 44.5 Å². The molecular formula is C14H24N2O4. The highest BCUT2D eigenvalue weighted by Crippen LogP contribution is 2.18. The summed E-state index contributed by atoms with van der Waals surface area (Å²) in [6, 6.07) is 1.27. The van der Waals surface area contributed by atoms with Crippen molar-refractivity contribution in [1.29, 1.82) is 0 Å². The van der Waals surface area contributed by atoms with Crippen LogP contribution in [0.3, 0.4) is 0 Å². The molecule has 0 saturated heterocycles. The predicted molar refractivity (Wildman–Crippen MR) is 76.6 cm³/mol. The summed E-state index contributed by atoms with van der Waals surface area (Å²) >= 11 is 0. The lowest BCUT2D eigenvalue weighted by Gasteiger charge is -2.24. The van der Waals surface area contributed by atoms with Crippen LogP contribution in [0.15, 0.2) is 10.9 Å². The smallest absolute Gasteiger partial charge is 0.223 e. The molecule has 20 heavy (non-hydrogen) atoms. The zero-order chi connectivity index (χ0) is 15.1. The molecule has 6 heteroatoms. The fourth-order valence-corrected chi connectivity index (χ4v) is 2.24. The van der Waals surface area contributed by atoms with Crippen molar-refractivity contribution in [3.05, 3.63) is 27.7 Å². The van der Waals surface area contributed by atoms with Crippen molar-refractivity contribution in [2.45, 2.75) is 40.0 Å². The number of hydrogen-bond acceptors (Lipinski definition) is 5. The quantitative estimate of drug-likeness (QED) is 0.638. The van der Waals surface area contributed by atoms with Gasteiger partial charge in [-0.05, 0) is 13.0 Å². The molecule has 1 rings (SSSR count). The third kappa shape index (κ3) is 3.82. The van der Waals surface area contributed by atoms with Gasteiger partial charge in [0.05, 0.1) is 18.9 Å². The second kappa shape index (κ2) is 8.04. The number of aromatic hydroxyl groups is 1. The van der Waals surface area contributed by atoms with Gasteiger partial charge in [0.1, 0.15) is 0 Å². The first kappa shape index (κ1) is 16.7. The Bertz CT molecular complexity index is 485. The molecule has 1 heterocycles. The van der Waals surface area contributed by atoms with E-state index in [0.29, 0.717) is 37.6 Å². The Morgan fingerprint density at radius 2 is 2.00 bits per heavy atom. The van der Waals surface area contributed by atoms with Gasteiger partial charge in [-0.15, -0.1) is 0 Å². The highest BCUT2D eigenvalue weighted by molar-refractivity contribution is 5.30. The van der Waals surface area contributed by atoms with Crippen LogP contribution in [0.2, 0.25) is 0 Å².